The zero-order valence-corrected chi connectivity index (χ0v) is 19.3. The van der Waals surface area contributed by atoms with E-state index < -0.39 is 21.5 Å². The van der Waals surface area contributed by atoms with Gasteiger partial charge in [-0.2, -0.15) is 0 Å². The number of hydrogen-bond acceptors (Lipinski definition) is 6. The topological polar surface area (TPSA) is 110 Å². The summed E-state index contributed by atoms with van der Waals surface area (Å²) >= 11 is 0. The highest BCUT2D eigenvalue weighted by Gasteiger charge is 2.29. The Morgan fingerprint density at radius 2 is 1.76 bits per heavy atom. The molecule has 2 amide bonds. The van der Waals surface area contributed by atoms with Gasteiger partial charge in [-0.05, 0) is 49.6 Å². The molecule has 0 spiro atoms. The summed E-state index contributed by atoms with van der Waals surface area (Å²) in [4.78, 5) is 38.6. The lowest BCUT2D eigenvalue weighted by Crippen LogP contribution is -2.42. The van der Waals surface area contributed by atoms with E-state index in [2.05, 4.69) is 5.32 Å². The van der Waals surface area contributed by atoms with Crippen LogP contribution in [0.1, 0.15) is 35.7 Å². The predicted octanol–water partition coefficient (Wildman–Crippen LogP) is 2.66. The van der Waals surface area contributed by atoms with Crippen LogP contribution >= 0.6 is 0 Å². The van der Waals surface area contributed by atoms with Crippen LogP contribution < -0.4 is 5.32 Å². The van der Waals surface area contributed by atoms with Gasteiger partial charge in [0.25, 0.3) is 5.91 Å². The van der Waals surface area contributed by atoms with Gasteiger partial charge in [-0.1, -0.05) is 30.3 Å². The third kappa shape index (κ3) is 7.15. The van der Waals surface area contributed by atoms with Gasteiger partial charge in [-0.25, -0.2) is 8.42 Å². The monoisotopic (exact) mass is 472 g/mol. The summed E-state index contributed by atoms with van der Waals surface area (Å²) in [7, 11) is -3.69. The van der Waals surface area contributed by atoms with E-state index in [4.69, 9.17) is 4.74 Å². The summed E-state index contributed by atoms with van der Waals surface area (Å²) < 4.78 is 30.0. The van der Waals surface area contributed by atoms with Crippen molar-refractivity contribution < 1.29 is 27.5 Å². The number of sulfone groups is 1. The Balaban J connectivity index is 1.57. The molecule has 3 rings (SSSR count). The standard InChI is InChI=1S/C24H28N2O6S/c1-2-32-24(29)20-7-6-14-26(15-20)23(28)19-12-10-18(11-13-19)16-33(30,31)17-22(27)25-21-8-4-3-5-9-21/h3-5,8-13,20H,2,6-7,14-17H2,1H3,(H,25,27). The van der Waals surface area contributed by atoms with Crippen LogP contribution in [0.25, 0.3) is 0 Å². The molecular weight excluding hydrogens is 444 g/mol. The van der Waals surface area contributed by atoms with Crippen LogP contribution in [0.15, 0.2) is 54.6 Å². The van der Waals surface area contributed by atoms with Gasteiger partial charge in [0.15, 0.2) is 9.84 Å². The maximum atomic E-state index is 12.8. The van der Waals surface area contributed by atoms with Gasteiger partial charge in [-0.3, -0.25) is 14.4 Å². The van der Waals surface area contributed by atoms with Gasteiger partial charge in [0.05, 0.1) is 18.3 Å². The molecule has 1 aliphatic rings. The summed E-state index contributed by atoms with van der Waals surface area (Å²) in [6.07, 6.45) is 1.41. The maximum absolute atomic E-state index is 12.8. The molecule has 9 heteroatoms. The number of rotatable bonds is 8. The second-order valence-corrected chi connectivity index (χ2v) is 10.1. The minimum atomic E-state index is -3.69. The van der Waals surface area contributed by atoms with Crippen molar-refractivity contribution in [2.24, 2.45) is 5.92 Å². The Kier molecular flexibility index (Phi) is 8.21. The first-order valence-corrected chi connectivity index (χ1v) is 12.7. The Hall–Kier alpha value is -3.20. The normalized spacial score (nSPS) is 16.2. The van der Waals surface area contributed by atoms with Crippen molar-refractivity contribution >= 4 is 33.3 Å². The summed E-state index contributed by atoms with van der Waals surface area (Å²) in [5.74, 6) is -2.36. The van der Waals surface area contributed by atoms with Gasteiger partial charge in [0.1, 0.15) is 5.75 Å². The minimum Gasteiger partial charge on any atom is -0.466 e. The highest BCUT2D eigenvalue weighted by Crippen LogP contribution is 2.20. The fourth-order valence-electron chi connectivity index (χ4n) is 3.76. The van der Waals surface area contributed by atoms with Crippen molar-refractivity contribution in [3.8, 4) is 0 Å². The lowest BCUT2D eigenvalue weighted by atomic mass is 9.97. The van der Waals surface area contributed by atoms with Crippen molar-refractivity contribution in [1.82, 2.24) is 4.90 Å². The van der Waals surface area contributed by atoms with Crippen LogP contribution in [-0.2, 0) is 29.9 Å². The first-order valence-electron chi connectivity index (χ1n) is 10.9. The van der Waals surface area contributed by atoms with Gasteiger partial charge in [-0.15, -0.1) is 0 Å². The molecule has 1 fully saturated rings. The third-order valence-corrected chi connectivity index (χ3v) is 6.80. The van der Waals surface area contributed by atoms with Crippen LogP contribution in [0, 0.1) is 5.92 Å². The number of benzene rings is 2. The number of nitrogens with zero attached hydrogens (tertiary/aromatic N) is 1. The van der Waals surface area contributed by atoms with Crippen LogP contribution in [0.5, 0.6) is 0 Å². The van der Waals surface area contributed by atoms with Crippen molar-refractivity contribution in [2.75, 3.05) is 30.8 Å². The highest BCUT2D eigenvalue weighted by molar-refractivity contribution is 7.91. The zero-order chi connectivity index (χ0) is 23.8. The van der Waals surface area contributed by atoms with E-state index >= 15 is 0 Å². The van der Waals surface area contributed by atoms with Crippen LogP contribution in [-0.4, -0.2) is 56.6 Å². The van der Waals surface area contributed by atoms with Crippen molar-refractivity contribution in [1.29, 1.82) is 0 Å². The fourth-order valence-corrected chi connectivity index (χ4v) is 5.04. The Morgan fingerprint density at radius 3 is 2.42 bits per heavy atom. The van der Waals surface area contributed by atoms with Crippen molar-refractivity contribution in [3.63, 3.8) is 0 Å². The lowest BCUT2D eigenvalue weighted by molar-refractivity contribution is -0.149. The maximum Gasteiger partial charge on any atom is 0.310 e. The molecule has 0 radical (unpaired) electrons. The first-order chi connectivity index (χ1) is 15.8. The number of amides is 2. The number of ether oxygens (including phenoxy) is 1. The molecule has 176 valence electrons. The Morgan fingerprint density at radius 1 is 1.06 bits per heavy atom. The van der Waals surface area contributed by atoms with Gasteiger partial charge in [0.2, 0.25) is 5.91 Å². The van der Waals surface area contributed by atoms with E-state index in [9.17, 15) is 22.8 Å². The highest BCUT2D eigenvalue weighted by atomic mass is 32.2. The Bertz CT molecular complexity index is 1080. The van der Waals surface area contributed by atoms with E-state index in [0.717, 1.165) is 6.42 Å². The number of piperidine rings is 1. The number of likely N-dealkylation sites (tertiary alicyclic amines) is 1. The molecule has 0 aromatic heterocycles. The van der Waals surface area contributed by atoms with Crippen LogP contribution in [0.3, 0.4) is 0 Å². The molecule has 2 aromatic carbocycles. The molecule has 1 heterocycles. The molecule has 0 saturated carbocycles. The van der Waals surface area contributed by atoms with Crippen LogP contribution in [0.4, 0.5) is 5.69 Å². The number of carbonyl (C=O) groups excluding carboxylic acids is 3. The minimum absolute atomic E-state index is 0.208. The number of esters is 1. The van der Waals surface area contributed by atoms with Gasteiger partial charge < -0.3 is 15.0 Å². The summed E-state index contributed by atoms with van der Waals surface area (Å²) in [5, 5.41) is 2.56. The lowest BCUT2D eigenvalue weighted by Gasteiger charge is -2.31. The van der Waals surface area contributed by atoms with Crippen molar-refractivity contribution in [2.45, 2.75) is 25.5 Å². The molecule has 1 saturated heterocycles. The molecule has 8 nitrogen and oxygen atoms in total. The number of hydrogen-bond donors (Lipinski definition) is 1. The van der Waals surface area contributed by atoms with Gasteiger partial charge in [0, 0.05) is 24.3 Å². The average Bonchev–Trinajstić information content (AvgIpc) is 2.79. The van der Waals surface area contributed by atoms with E-state index in [1.54, 1.807) is 66.4 Å². The molecule has 1 aliphatic heterocycles. The number of anilines is 1. The first kappa shape index (κ1) is 24.4. The average molecular weight is 473 g/mol. The molecule has 1 unspecified atom stereocenters. The van der Waals surface area contributed by atoms with E-state index in [-0.39, 0.29) is 23.5 Å². The second-order valence-electron chi connectivity index (χ2n) is 7.99. The quantitative estimate of drug-likeness (QED) is 0.592. The predicted molar refractivity (Wildman–Crippen MR) is 124 cm³/mol. The fraction of sp³-hybridized carbons (Fsp3) is 0.375. The van der Waals surface area contributed by atoms with E-state index in [1.165, 1.54) is 0 Å². The van der Waals surface area contributed by atoms with Crippen molar-refractivity contribution in [3.05, 3.63) is 65.7 Å². The summed E-state index contributed by atoms with van der Waals surface area (Å²) in [5.41, 5.74) is 1.44. The summed E-state index contributed by atoms with van der Waals surface area (Å²) in [6, 6.07) is 14.9. The molecule has 0 aliphatic carbocycles. The molecule has 0 bridgehead atoms. The third-order valence-electron chi connectivity index (χ3n) is 5.32. The molecule has 1 atom stereocenters. The second kappa shape index (κ2) is 11.1. The van der Waals surface area contributed by atoms with E-state index in [1.807, 2.05) is 0 Å². The van der Waals surface area contributed by atoms with E-state index in [0.29, 0.717) is 42.9 Å². The Labute approximate surface area is 193 Å². The largest absolute Gasteiger partial charge is 0.466 e. The molecular formula is C24H28N2O6S. The molecule has 1 N–H and O–H groups in total. The zero-order valence-electron chi connectivity index (χ0n) is 18.5. The number of carbonyl (C=O) groups is 3. The SMILES string of the molecule is CCOC(=O)C1CCCN(C(=O)c2ccc(CS(=O)(=O)CC(=O)Nc3ccccc3)cc2)C1. The number of para-hydroxylation sites is 1. The number of nitrogens with one attached hydrogen (secondary N) is 1. The van der Waals surface area contributed by atoms with Crippen LogP contribution in [0.2, 0.25) is 0 Å². The molecule has 33 heavy (non-hydrogen) atoms. The molecule has 2 aromatic rings. The summed E-state index contributed by atoms with van der Waals surface area (Å²) in [6.45, 7) is 2.92. The smallest absolute Gasteiger partial charge is 0.310 e. The van der Waals surface area contributed by atoms with Gasteiger partial charge >= 0.3 is 5.97 Å².